The monoisotopic (exact) mass is 388 g/mol. The minimum Gasteiger partial charge on any atom is -0.506 e. The van der Waals surface area contributed by atoms with Crippen LogP contribution in [0.3, 0.4) is 0 Å². The molecule has 0 fully saturated rings. The zero-order valence-electron chi connectivity index (χ0n) is 15.4. The molecule has 2 amide bonds. The first-order chi connectivity index (χ1) is 12.7. The van der Waals surface area contributed by atoms with E-state index >= 15 is 0 Å². The maximum atomic E-state index is 12.8. The molecule has 0 unspecified atom stereocenters. The van der Waals surface area contributed by atoms with Gasteiger partial charge in [-0.2, -0.15) is 0 Å². The van der Waals surface area contributed by atoms with Crippen molar-refractivity contribution in [3.63, 3.8) is 0 Å². The molecule has 1 aliphatic heterocycles. The number of benzene rings is 2. The molecule has 0 aliphatic carbocycles. The number of hydrogen-bond donors (Lipinski definition) is 2. The third-order valence-electron chi connectivity index (χ3n) is 4.18. The first kappa shape index (κ1) is 19.0. The van der Waals surface area contributed by atoms with Crippen molar-refractivity contribution in [2.75, 3.05) is 23.4 Å². The number of nitrogens with zero attached hydrogens (tertiary/aromatic N) is 1. The van der Waals surface area contributed by atoms with Gasteiger partial charge >= 0.3 is 0 Å². The molecule has 0 bridgehead atoms. The second-order valence-corrected chi connectivity index (χ2v) is 7.77. The summed E-state index contributed by atoms with van der Waals surface area (Å²) in [4.78, 5) is 26.9. The molecule has 3 rings (SSSR count). The second kappa shape index (κ2) is 7.12. The zero-order valence-corrected chi connectivity index (χ0v) is 16.1. The van der Waals surface area contributed by atoms with Gasteiger partial charge in [-0.15, -0.1) is 0 Å². The van der Waals surface area contributed by atoms with Gasteiger partial charge < -0.3 is 20.1 Å². The molecule has 2 aromatic carbocycles. The second-order valence-electron chi connectivity index (χ2n) is 7.36. The number of phenolic OH excluding ortho intramolecular Hbond substituents is 1. The smallest absolute Gasteiger partial charge is 0.255 e. The number of phenols is 1. The van der Waals surface area contributed by atoms with Crippen LogP contribution in [0.2, 0.25) is 5.02 Å². The van der Waals surface area contributed by atoms with Crippen LogP contribution >= 0.6 is 11.6 Å². The van der Waals surface area contributed by atoms with Crippen LogP contribution < -0.4 is 15.0 Å². The predicted molar refractivity (Wildman–Crippen MR) is 105 cm³/mol. The summed E-state index contributed by atoms with van der Waals surface area (Å²) in [6.45, 7) is 6.47. The van der Waals surface area contributed by atoms with Crippen LogP contribution in [0.25, 0.3) is 0 Å². The SMILES string of the molecule is CC(C)(C)C(=O)N1CCOc2ccc(NC(=O)c3ccc(O)c(Cl)c3)cc21. The summed E-state index contributed by atoms with van der Waals surface area (Å²) in [5, 5.41) is 12.4. The van der Waals surface area contributed by atoms with E-state index < -0.39 is 5.41 Å². The van der Waals surface area contributed by atoms with E-state index in [1.165, 1.54) is 18.2 Å². The van der Waals surface area contributed by atoms with Crippen LogP contribution in [0.5, 0.6) is 11.5 Å². The normalized spacial score (nSPS) is 13.6. The topological polar surface area (TPSA) is 78.9 Å². The van der Waals surface area contributed by atoms with Gasteiger partial charge in [0.1, 0.15) is 18.1 Å². The van der Waals surface area contributed by atoms with Crippen molar-refractivity contribution < 1.29 is 19.4 Å². The van der Waals surface area contributed by atoms with Crippen LogP contribution in [-0.2, 0) is 4.79 Å². The third-order valence-corrected chi connectivity index (χ3v) is 4.48. The minimum atomic E-state index is -0.531. The molecule has 6 nitrogen and oxygen atoms in total. The van der Waals surface area contributed by atoms with E-state index in [1.807, 2.05) is 20.8 Å². The Labute approximate surface area is 162 Å². The Morgan fingerprint density at radius 1 is 1.19 bits per heavy atom. The fraction of sp³-hybridized carbons (Fsp3) is 0.300. The van der Waals surface area contributed by atoms with Crippen LogP contribution in [0.4, 0.5) is 11.4 Å². The number of amides is 2. The Bertz CT molecular complexity index is 905. The van der Waals surface area contributed by atoms with Gasteiger partial charge in [-0.1, -0.05) is 32.4 Å². The van der Waals surface area contributed by atoms with Gasteiger partial charge in [0, 0.05) is 16.7 Å². The summed E-state index contributed by atoms with van der Waals surface area (Å²) in [5.41, 5.74) is 0.939. The number of halogens is 1. The van der Waals surface area contributed by atoms with Crippen molar-refractivity contribution in [2.45, 2.75) is 20.8 Å². The van der Waals surface area contributed by atoms with Crippen LogP contribution in [0.1, 0.15) is 31.1 Å². The lowest BCUT2D eigenvalue weighted by Gasteiger charge is -2.34. The number of aromatic hydroxyl groups is 1. The Morgan fingerprint density at radius 3 is 2.59 bits per heavy atom. The highest BCUT2D eigenvalue weighted by Crippen LogP contribution is 2.36. The van der Waals surface area contributed by atoms with E-state index in [9.17, 15) is 14.7 Å². The number of carbonyl (C=O) groups is 2. The molecule has 27 heavy (non-hydrogen) atoms. The molecule has 2 aromatic rings. The van der Waals surface area contributed by atoms with E-state index in [-0.39, 0.29) is 22.6 Å². The van der Waals surface area contributed by atoms with Crippen molar-refractivity contribution >= 4 is 34.8 Å². The predicted octanol–water partition coefficient (Wildman–Crippen LogP) is 4.07. The van der Waals surface area contributed by atoms with Crippen LogP contribution in [-0.4, -0.2) is 30.1 Å². The number of ether oxygens (including phenoxy) is 1. The van der Waals surface area contributed by atoms with E-state index in [1.54, 1.807) is 23.1 Å². The summed E-state index contributed by atoms with van der Waals surface area (Å²) in [6.07, 6.45) is 0. The summed E-state index contributed by atoms with van der Waals surface area (Å²) < 4.78 is 5.64. The largest absolute Gasteiger partial charge is 0.506 e. The maximum absolute atomic E-state index is 12.8. The third kappa shape index (κ3) is 4.01. The van der Waals surface area contributed by atoms with Gasteiger partial charge in [-0.3, -0.25) is 9.59 Å². The first-order valence-corrected chi connectivity index (χ1v) is 8.93. The Hall–Kier alpha value is -2.73. The fourth-order valence-corrected chi connectivity index (χ4v) is 2.94. The first-order valence-electron chi connectivity index (χ1n) is 8.55. The van der Waals surface area contributed by atoms with Gasteiger partial charge in [0.05, 0.1) is 17.3 Å². The molecule has 0 atom stereocenters. The lowest BCUT2D eigenvalue weighted by atomic mass is 9.94. The highest BCUT2D eigenvalue weighted by Gasteiger charge is 2.32. The standard InChI is InChI=1S/C20H21ClN2O4/c1-20(2,3)19(26)23-8-9-27-17-7-5-13(11-15(17)23)22-18(25)12-4-6-16(24)14(21)10-12/h4-7,10-11,24H,8-9H2,1-3H3,(H,22,25). The number of nitrogens with one attached hydrogen (secondary N) is 1. The molecular weight excluding hydrogens is 368 g/mol. The Morgan fingerprint density at radius 2 is 1.93 bits per heavy atom. The van der Waals surface area contributed by atoms with Crippen molar-refractivity contribution in [3.05, 3.63) is 47.0 Å². The number of rotatable bonds is 2. The molecule has 7 heteroatoms. The van der Waals surface area contributed by atoms with Gasteiger partial charge in [0.25, 0.3) is 5.91 Å². The molecule has 0 radical (unpaired) electrons. The van der Waals surface area contributed by atoms with E-state index in [2.05, 4.69) is 5.32 Å². The molecule has 0 aromatic heterocycles. The molecule has 142 valence electrons. The number of hydrogen-bond acceptors (Lipinski definition) is 4. The van der Waals surface area contributed by atoms with Gasteiger partial charge in [0.2, 0.25) is 5.91 Å². The molecule has 1 aliphatic rings. The van der Waals surface area contributed by atoms with Crippen molar-refractivity contribution in [2.24, 2.45) is 5.41 Å². The van der Waals surface area contributed by atoms with Crippen molar-refractivity contribution in [3.8, 4) is 11.5 Å². The van der Waals surface area contributed by atoms with Crippen molar-refractivity contribution in [1.82, 2.24) is 0 Å². The Balaban J connectivity index is 1.87. The average Bonchev–Trinajstić information content (AvgIpc) is 2.62. The summed E-state index contributed by atoms with van der Waals surface area (Å²) in [7, 11) is 0. The van der Waals surface area contributed by atoms with E-state index in [0.29, 0.717) is 35.8 Å². The van der Waals surface area contributed by atoms with Gasteiger partial charge in [-0.05, 0) is 36.4 Å². The van der Waals surface area contributed by atoms with Crippen LogP contribution in [0.15, 0.2) is 36.4 Å². The highest BCUT2D eigenvalue weighted by atomic mass is 35.5. The maximum Gasteiger partial charge on any atom is 0.255 e. The highest BCUT2D eigenvalue weighted by molar-refractivity contribution is 6.32. The average molecular weight is 389 g/mol. The molecule has 0 saturated carbocycles. The summed E-state index contributed by atoms with van der Waals surface area (Å²) in [5.74, 6) is 0.128. The zero-order chi connectivity index (χ0) is 19.8. The summed E-state index contributed by atoms with van der Waals surface area (Å²) in [6, 6.07) is 9.40. The van der Waals surface area contributed by atoms with Gasteiger partial charge in [-0.25, -0.2) is 0 Å². The Kier molecular flexibility index (Phi) is 5.02. The number of fused-ring (bicyclic) bond motifs is 1. The fourth-order valence-electron chi connectivity index (χ4n) is 2.76. The molecule has 0 spiro atoms. The molecule has 2 N–H and O–H groups in total. The van der Waals surface area contributed by atoms with E-state index in [0.717, 1.165) is 0 Å². The van der Waals surface area contributed by atoms with Gasteiger partial charge in [0.15, 0.2) is 0 Å². The van der Waals surface area contributed by atoms with E-state index in [4.69, 9.17) is 16.3 Å². The molecule has 1 heterocycles. The number of carbonyl (C=O) groups excluding carboxylic acids is 2. The minimum absolute atomic E-state index is 0.0131. The molecule has 0 saturated heterocycles. The quantitative estimate of drug-likeness (QED) is 0.812. The molecular formula is C20H21ClN2O4. The summed E-state index contributed by atoms with van der Waals surface area (Å²) >= 11 is 5.86. The lowest BCUT2D eigenvalue weighted by molar-refractivity contribution is -0.126. The van der Waals surface area contributed by atoms with Crippen molar-refractivity contribution in [1.29, 1.82) is 0 Å². The lowest BCUT2D eigenvalue weighted by Crippen LogP contribution is -2.44. The number of anilines is 2. The van der Waals surface area contributed by atoms with Crippen LogP contribution in [0, 0.1) is 5.41 Å².